The highest BCUT2D eigenvalue weighted by Crippen LogP contribution is 2.31. The van der Waals surface area contributed by atoms with Crippen LogP contribution in [0.2, 0.25) is 0 Å². The lowest BCUT2D eigenvalue weighted by Gasteiger charge is -2.30. The van der Waals surface area contributed by atoms with Crippen LogP contribution in [0.25, 0.3) is 10.9 Å². The number of nitrogens with zero attached hydrogens (tertiary/aromatic N) is 4. The second kappa shape index (κ2) is 10.5. The molecule has 1 saturated heterocycles. The lowest BCUT2D eigenvalue weighted by Crippen LogP contribution is -2.44. The van der Waals surface area contributed by atoms with Gasteiger partial charge >= 0.3 is 0 Å². The minimum atomic E-state index is -0.366. The third-order valence-electron chi connectivity index (χ3n) is 5.44. The van der Waals surface area contributed by atoms with Crippen LogP contribution in [-0.2, 0) is 4.79 Å². The van der Waals surface area contributed by atoms with Gasteiger partial charge in [-0.1, -0.05) is 27.9 Å². The number of fused-ring (bicyclic) bond motifs is 1. The van der Waals surface area contributed by atoms with Gasteiger partial charge in [0.25, 0.3) is 5.91 Å². The van der Waals surface area contributed by atoms with E-state index in [9.17, 15) is 10.1 Å². The number of halogens is 1. The molecule has 1 aliphatic rings. The maximum atomic E-state index is 12.4. The number of hydrogen-bond donors (Lipinski definition) is 2. The second-order valence-electron chi connectivity index (χ2n) is 7.86. The summed E-state index contributed by atoms with van der Waals surface area (Å²) < 4.78 is 0.924. The van der Waals surface area contributed by atoms with E-state index in [1.165, 1.54) is 0 Å². The summed E-state index contributed by atoms with van der Waals surface area (Å²) in [4.78, 5) is 21.3. The van der Waals surface area contributed by atoms with Crippen LogP contribution in [0, 0.1) is 23.2 Å². The summed E-state index contributed by atoms with van der Waals surface area (Å²) in [5, 5.41) is 16.5. The Bertz CT molecular complexity index is 1280. The normalized spacial score (nSPS) is 14.2. The SMILES string of the molecule is CN1CCN(CC#CC(=O)Nc2ccc3ncc(C#N)c(Nc4cccc(Br)c4)c3c2)CC1. The van der Waals surface area contributed by atoms with Crippen molar-refractivity contribution in [3.8, 4) is 17.9 Å². The quantitative estimate of drug-likeness (QED) is 0.527. The number of carbonyl (C=O) groups excluding carboxylic acids is 1. The van der Waals surface area contributed by atoms with Gasteiger partial charge in [0, 0.05) is 53.6 Å². The fraction of sp³-hybridized carbons (Fsp3) is 0.240. The van der Waals surface area contributed by atoms with Gasteiger partial charge in [-0.05, 0) is 49.4 Å². The number of anilines is 3. The molecule has 0 spiro atoms. The lowest BCUT2D eigenvalue weighted by atomic mass is 10.1. The van der Waals surface area contributed by atoms with Crippen molar-refractivity contribution in [3.63, 3.8) is 0 Å². The molecular formula is C25H23BrN6O. The Balaban J connectivity index is 1.53. The Hall–Kier alpha value is -3.43. The first kappa shape index (κ1) is 22.8. The molecule has 0 aliphatic carbocycles. The van der Waals surface area contributed by atoms with Crippen molar-refractivity contribution in [2.24, 2.45) is 0 Å². The molecule has 2 aromatic carbocycles. The molecule has 3 aromatic rings. The van der Waals surface area contributed by atoms with Crippen LogP contribution in [0.3, 0.4) is 0 Å². The van der Waals surface area contributed by atoms with E-state index in [4.69, 9.17) is 0 Å². The van der Waals surface area contributed by atoms with Gasteiger partial charge in [0.2, 0.25) is 0 Å². The third-order valence-corrected chi connectivity index (χ3v) is 5.93. The summed E-state index contributed by atoms with van der Waals surface area (Å²) in [6.45, 7) is 4.52. The molecule has 166 valence electrons. The van der Waals surface area contributed by atoms with E-state index in [1.807, 2.05) is 36.4 Å². The van der Waals surface area contributed by atoms with Crippen LogP contribution in [0.5, 0.6) is 0 Å². The minimum absolute atomic E-state index is 0.366. The van der Waals surface area contributed by atoms with E-state index >= 15 is 0 Å². The van der Waals surface area contributed by atoms with Crippen molar-refractivity contribution in [1.82, 2.24) is 14.8 Å². The number of nitriles is 1. The molecule has 2 N–H and O–H groups in total. The fourth-order valence-electron chi connectivity index (χ4n) is 3.60. The maximum absolute atomic E-state index is 12.4. The molecule has 4 rings (SSSR count). The van der Waals surface area contributed by atoms with Crippen molar-refractivity contribution in [1.29, 1.82) is 5.26 Å². The van der Waals surface area contributed by atoms with Crippen molar-refractivity contribution in [2.75, 3.05) is 50.4 Å². The molecular weight excluding hydrogens is 480 g/mol. The first-order chi connectivity index (χ1) is 16.0. The highest BCUT2D eigenvalue weighted by atomic mass is 79.9. The van der Waals surface area contributed by atoms with Gasteiger partial charge in [-0.2, -0.15) is 5.26 Å². The Morgan fingerprint density at radius 3 is 2.73 bits per heavy atom. The van der Waals surface area contributed by atoms with Crippen LogP contribution < -0.4 is 10.6 Å². The number of nitrogens with one attached hydrogen (secondary N) is 2. The predicted molar refractivity (Wildman–Crippen MR) is 134 cm³/mol. The molecule has 1 amide bonds. The fourth-order valence-corrected chi connectivity index (χ4v) is 4.00. The molecule has 2 heterocycles. The van der Waals surface area contributed by atoms with Crippen LogP contribution >= 0.6 is 15.9 Å². The summed E-state index contributed by atoms with van der Waals surface area (Å²) in [6, 6.07) is 15.3. The Morgan fingerprint density at radius 1 is 1.15 bits per heavy atom. The molecule has 1 aromatic heterocycles. The molecule has 0 radical (unpaired) electrons. The molecule has 0 saturated carbocycles. The average Bonchev–Trinajstić information content (AvgIpc) is 2.81. The van der Waals surface area contributed by atoms with Crippen molar-refractivity contribution in [2.45, 2.75) is 0 Å². The van der Waals surface area contributed by atoms with Crippen LogP contribution in [0.4, 0.5) is 17.1 Å². The zero-order chi connectivity index (χ0) is 23.2. The Morgan fingerprint density at radius 2 is 1.97 bits per heavy atom. The number of amides is 1. The molecule has 0 bridgehead atoms. The minimum Gasteiger partial charge on any atom is -0.354 e. The van der Waals surface area contributed by atoms with Crippen LogP contribution in [0.1, 0.15) is 5.56 Å². The zero-order valence-corrected chi connectivity index (χ0v) is 19.8. The highest BCUT2D eigenvalue weighted by Gasteiger charge is 2.13. The largest absolute Gasteiger partial charge is 0.354 e. The molecule has 0 unspecified atom stereocenters. The molecule has 8 heteroatoms. The van der Waals surface area contributed by atoms with Gasteiger partial charge in [0.05, 0.1) is 23.3 Å². The van der Waals surface area contributed by atoms with E-state index < -0.39 is 0 Å². The van der Waals surface area contributed by atoms with Crippen molar-refractivity contribution >= 4 is 49.8 Å². The van der Waals surface area contributed by atoms with Gasteiger partial charge in [0.1, 0.15) is 6.07 Å². The van der Waals surface area contributed by atoms with Gasteiger partial charge in [-0.3, -0.25) is 14.7 Å². The number of piperazine rings is 1. The van der Waals surface area contributed by atoms with Gasteiger partial charge in [0.15, 0.2) is 0 Å². The molecule has 7 nitrogen and oxygen atoms in total. The van der Waals surface area contributed by atoms with E-state index in [2.05, 4.69) is 66.3 Å². The average molecular weight is 503 g/mol. The maximum Gasteiger partial charge on any atom is 0.300 e. The van der Waals surface area contributed by atoms with Crippen molar-refractivity contribution < 1.29 is 4.79 Å². The zero-order valence-electron chi connectivity index (χ0n) is 18.2. The number of rotatable bonds is 4. The second-order valence-corrected chi connectivity index (χ2v) is 8.78. The first-order valence-corrected chi connectivity index (χ1v) is 11.4. The van der Waals surface area contributed by atoms with E-state index in [-0.39, 0.29) is 5.91 Å². The van der Waals surface area contributed by atoms with Crippen molar-refractivity contribution in [3.05, 3.63) is 58.7 Å². The van der Waals surface area contributed by atoms with Crippen LogP contribution in [0.15, 0.2) is 53.1 Å². The summed E-state index contributed by atoms with van der Waals surface area (Å²) in [5.41, 5.74) is 3.19. The molecule has 0 atom stereocenters. The smallest absolute Gasteiger partial charge is 0.300 e. The Labute approximate surface area is 201 Å². The number of likely N-dealkylation sites (N-methyl/N-ethyl adjacent to an activating group) is 1. The number of benzene rings is 2. The molecule has 33 heavy (non-hydrogen) atoms. The standard InChI is InChI=1S/C25H23BrN6O/c1-31-10-12-32(13-11-31)9-3-6-24(33)29-21-7-8-23-22(15-21)25(18(16-27)17-28-23)30-20-5-2-4-19(26)14-20/h2,4-5,7-8,14-15,17H,9-13H2,1H3,(H,28,30)(H,29,33). The Kier molecular flexibility index (Phi) is 7.21. The topological polar surface area (TPSA) is 84.3 Å². The summed E-state index contributed by atoms with van der Waals surface area (Å²) in [7, 11) is 2.11. The number of carbonyl (C=O) groups is 1. The van der Waals surface area contributed by atoms with Gasteiger partial charge in [-0.25, -0.2) is 0 Å². The summed E-state index contributed by atoms with van der Waals surface area (Å²) in [6.07, 6.45) is 1.55. The first-order valence-electron chi connectivity index (χ1n) is 10.6. The number of hydrogen-bond acceptors (Lipinski definition) is 6. The third kappa shape index (κ3) is 5.88. The number of pyridine rings is 1. The monoisotopic (exact) mass is 502 g/mol. The van der Waals surface area contributed by atoms with Gasteiger partial charge < -0.3 is 15.5 Å². The molecule has 1 fully saturated rings. The van der Waals surface area contributed by atoms with E-state index in [1.54, 1.807) is 12.3 Å². The summed E-state index contributed by atoms with van der Waals surface area (Å²) in [5.74, 6) is 5.28. The lowest BCUT2D eigenvalue weighted by molar-refractivity contribution is -0.111. The molecule has 1 aliphatic heterocycles. The van der Waals surface area contributed by atoms with E-state index in [0.29, 0.717) is 29.0 Å². The van der Waals surface area contributed by atoms with Crippen LogP contribution in [-0.4, -0.2) is 60.5 Å². The van der Waals surface area contributed by atoms with E-state index in [0.717, 1.165) is 41.7 Å². The predicted octanol–water partition coefficient (Wildman–Crippen LogP) is 3.80. The number of aromatic nitrogens is 1. The summed E-state index contributed by atoms with van der Waals surface area (Å²) >= 11 is 3.47. The highest BCUT2D eigenvalue weighted by molar-refractivity contribution is 9.10. The van der Waals surface area contributed by atoms with Gasteiger partial charge in [-0.15, -0.1) is 0 Å².